The molecule has 0 aliphatic rings. The van der Waals surface area contributed by atoms with Gasteiger partial charge in [0.15, 0.2) is 6.61 Å². The molecule has 0 unspecified atom stereocenters. The molecule has 0 aliphatic carbocycles. The monoisotopic (exact) mass is 264 g/mol. The summed E-state index contributed by atoms with van der Waals surface area (Å²) in [7, 11) is 0. The lowest BCUT2D eigenvalue weighted by atomic mass is 10.1. The molecule has 0 atom stereocenters. The van der Waals surface area contributed by atoms with Gasteiger partial charge < -0.3 is 15.3 Å². The molecule has 0 fully saturated rings. The van der Waals surface area contributed by atoms with E-state index < -0.39 is 0 Å². The Kier molecular flexibility index (Phi) is 6.43. The van der Waals surface area contributed by atoms with E-state index in [4.69, 9.17) is 9.94 Å². The smallest absolute Gasteiger partial charge is 0.257 e. The van der Waals surface area contributed by atoms with Crippen molar-refractivity contribution < 1.29 is 14.7 Å². The summed E-state index contributed by atoms with van der Waals surface area (Å²) in [5.41, 5.74) is 1.24. The first kappa shape index (κ1) is 15.0. The van der Waals surface area contributed by atoms with Gasteiger partial charge in [0.05, 0.1) is 5.71 Å². The molecule has 0 aromatic heterocycles. The van der Waals surface area contributed by atoms with Crippen molar-refractivity contribution in [3.8, 4) is 5.75 Å². The number of ether oxygens (including phenoxy) is 1. The zero-order valence-electron chi connectivity index (χ0n) is 11.3. The highest BCUT2D eigenvalue weighted by Crippen LogP contribution is 2.20. The van der Waals surface area contributed by atoms with Gasteiger partial charge in [0.25, 0.3) is 5.91 Å². The van der Waals surface area contributed by atoms with Gasteiger partial charge in [0.1, 0.15) is 5.75 Å². The Labute approximate surface area is 113 Å². The summed E-state index contributed by atoms with van der Waals surface area (Å²) in [6, 6.07) is 7.20. The van der Waals surface area contributed by atoms with Crippen LogP contribution in [0.15, 0.2) is 29.4 Å². The Morgan fingerprint density at radius 2 is 2.11 bits per heavy atom. The van der Waals surface area contributed by atoms with E-state index in [2.05, 4.69) is 10.5 Å². The minimum Gasteiger partial charge on any atom is -0.483 e. The summed E-state index contributed by atoms with van der Waals surface area (Å²) < 4.78 is 5.48. The van der Waals surface area contributed by atoms with Crippen LogP contribution in [0.5, 0.6) is 5.75 Å². The number of rotatable bonds is 7. The quantitative estimate of drug-likeness (QED) is 0.450. The summed E-state index contributed by atoms with van der Waals surface area (Å²) in [6.07, 6.45) is 1.47. The Balaban J connectivity index is 2.71. The molecule has 0 spiro atoms. The number of nitrogens with zero attached hydrogens (tertiary/aromatic N) is 1. The van der Waals surface area contributed by atoms with Gasteiger partial charge in [-0.25, -0.2) is 0 Å². The Morgan fingerprint density at radius 3 is 2.74 bits per heavy atom. The zero-order chi connectivity index (χ0) is 14.1. The van der Waals surface area contributed by atoms with Crippen LogP contribution in [0.4, 0.5) is 0 Å². The van der Waals surface area contributed by atoms with Gasteiger partial charge >= 0.3 is 0 Å². The molecule has 5 heteroatoms. The summed E-state index contributed by atoms with van der Waals surface area (Å²) in [4.78, 5) is 11.5. The Bertz CT molecular complexity index is 444. The SMILES string of the molecule is CCCNC(=O)COc1ccccc1/C(CC)=N/O. The maximum atomic E-state index is 11.5. The predicted molar refractivity (Wildman–Crippen MR) is 73.9 cm³/mol. The third kappa shape index (κ3) is 4.62. The van der Waals surface area contributed by atoms with Crippen LogP contribution >= 0.6 is 0 Å². The van der Waals surface area contributed by atoms with Gasteiger partial charge in [-0.3, -0.25) is 4.79 Å². The van der Waals surface area contributed by atoms with Crippen LogP contribution < -0.4 is 10.1 Å². The summed E-state index contributed by atoms with van der Waals surface area (Å²) in [5.74, 6) is 0.388. The number of hydrogen-bond acceptors (Lipinski definition) is 4. The third-order valence-electron chi connectivity index (χ3n) is 2.58. The van der Waals surface area contributed by atoms with E-state index in [1.807, 2.05) is 26.0 Å². The Hall–Kier alpha value is -2.04. The fourth-order valence-corrected chi connectivity index (χ4v) is 1.60. The van der Waals surface area contributed by atoms with E-state index in [1.54, 1.807) is 12.1 Å². The van der Waals surface area contributed by atoms with Crippen LogP contribution in [-0.4, -0.2) is 30.0 Å². The lowest BCUT2D eigenvalue weighted by Crippen LogP contribution is -2.29. The average Bonchev–Trinajstić information content (AvgIpc) is 2.45. The minimum absolute atomic E-state index is 0.0422. The molecule has 104 valence electrons. The minimum atomic E-state index is -0.157. The van der Waals surface area contributed by atoms with Gasteiger partial charge in [-0.2, -0.15) is 0 Å². The lowest BCUT2D eigenvalue weighted by Gasteiger charge is -2.11. The number of nitrogens with one attached hydrogen (secondary N) is 1. The molecule has 1 aromatic carbocycles. The molecular weight excluding hydrogens is 244 g/mol. The molecule has 0 radical (unpaired) electrons. The molecule has 0 heterocycles. The van der Waals surface area contributed by atoms with Gasteiger partial charge in [-0.1, -0.05) is 31.1 Å². The standard InChI is InChI=1S/C14H20N2O3/c1-3-9-15-14(17)10-19-13-8-6-5-7-11(13)12(4-2)16-18/h5-8,18H,3-4,9-10H2,1-2H3,(H,15,17)/b16-12+. The number of carbonyl (C=O) groups excluding carboxylic acids is 1. The third-order valence-corrected chi connectivity index (χ3v) is 2.58. The summed E-state index contributed by atoms with van der Waals surface area (Å²) in [6.45, 7) is 4.48. The predicted octanol–water partition coefficient (Wildman–Crippen LogP) is 2.18. The molecule has 5 nitrogen and oxygen atoms in total. The van der Waals surface area contributed by atoms with E-state index >= 15 is 0 Å². The molecule has 2 N–H and O–H groups in total. The number of benzene rings is 1. The Morgan fingerprint density at radius 1 is 1.37 bits per heavy atom. The topological polar surface area (TPSA) is 70.9 Å². The van der Waals surface area contributed by atoms with Crippen LogP contribution in [0.25, 0.3) is 0 Å². The van der Waals surface area contributed by atoms with Crippen molar-refractivity contribution in [2.75, 3.05) is 13.2 Å². The van der Waals surface area contributed by atoms with Crippen LogP contribution in [-0.2, 0) is 4.79 Å². The van der Waals surface area contributed by atoms with Crippen molar-refractivity contribution in [3.05, 3.63) is 29.8 Å². The molecule has 0 saturated heterocycles. The van der Waals surface area contributed by atoms with Crippen LogP contribution in [0.1, 0.15) is 32.3 Å². The molecule has 1 rings (SSSR count). The van der Waals surface area contributed by atoms with Crippen molar-refractivity contribution in [2.45, 2.75) is 26.7 Å². The highest BCUT2D eigenvalue weighted by atomic mass is 16.5. The van der Waals surface area contributed by atoms with Crippen LogP contribution in [0, 0.1) is 0 Å². The lowest BCUT2D eigenvalue weighted by molar-refractivity contribution is -0.123. The van der Waals surface area contributed by atoms with Crippen molar-refractivity contribution in [2.24, 2.45) is 5.16 Å². The van der Waals surface area contributed by atoms with Crippen LogP contribution in [0.3, 0.4) is 0 Å². The zero-order valence-corrected chi connectivity index (χ0v) is 11.3. The highest BCUT2D eigenvalue weighted by Gasteiger charge is 2.10. The van der Waals surface area contributed by atoms with E-state index in [-0.39, 0.29) is 12.5 Å². The fraction of sp³-hybridized carbons (Fsp3) is 0.429. The average molecular weight is 264 g/mol. The first-order valence-electron chi connectivity index (χ1n) is 6.42. The number of hydrogen-bond donors (Lipinski definition) is 2. The maximum absolute atomic E-state index is 11.5. The van der Waals surface area contributed by atoms with Crippen LogP contribution in [0.2, 0.25) is 0 Å². The largest absolute Gasteiger partial charge is 0.483 e. The van der Waals surface area contributed by atoms with Crippen molar-refractivity contribution in [1.29, 1.82) is 0 Å². The summed E-state index contributed by atoms with van der Waals surface area (Å²) in [5, 5.41) is 14.9. The fourth-order valence-electron chi connectivity index (χ4n) is 1.60. The van der Waals surface area contributed by atoms with Gasteiger partial charge in [-0.15, -0.1) is 0 Å². The van der Waals surface area contributed by atoms with Gasteiger partial charge in [0, 0.05) is 12.1 Å². The second kappa shape index (κ2) is 8.13. The number of carbonyl (C=O) groups is 1. The molecule has 0 bridgehead atoms. The van der Waals surface area contributed by atoms with E-state index in [0.717, 1.165) is 6.42 Å². The van der Waals surface area contributed by atoms with Gasteiger partial charge in [-0.05, 0) is 25.0 Å². The molecule has 1 amide bonds. The normalized spacial score (nSPS) is 11.2. The van der Waals surface area contributed by atoms with Gasteiger partial charge in [0.2, 0.25) is 0 Å². The molecule has 0 saturated carbocycles. The number of para-hydroxylation sites is 1. The molecular formula is C14H20N2O3. The maximum Gasteiger partial charge on any atom is 0.257 e. The molecule has 0 aliphatic heterocycles. The van der Waals surface area contributed by atoms with E-state index in [9.17, 15) is 4.79 Å². The summed E-state index contributed by atoms with van der Waals surface area (Å²) >= 11 is 0. The second-order valence-corrected chi connectivity index (χ2v) is 4.04. The number of amides is 1. The van der Waals surface area contributed by atoms with Crippen molar-refractivity contribution >= 4 is 11.6 Å². The molecule has 1 aromatic rings. The molecule has 19 heavy (non-hydrogen) atoms. The van der Waals surface area contributed by atoms with E-state index in [1.165, 1.54) is 0 Å². The first-order chi connectivity index (χ1) is 9.22. The van der Waals surface area contributed by atoms with E-state index in [0.29, 0.717) is 30.0 Å². The van der Waals surface area contributed by atoms with Crippen molar-refractivity contribution in [3.63, 3.8) is 0 Å². The second-order valence-electron chi connectivity index (χ2n) is 4.04. The first-order valence-corrected chi connectivity index (χ1v) is 6.42. The van der Waals surface area contributed by atoms with Crippen molar-refractivity contribution in [1.82, 2.24) is 5.32 Å². The number of oxime groups is 1. The highest BCUT2D eigenvalue weighted by molar-refractivity contribution is 6.02.